The van der Waals surface area contributed by atoms with Crippen molar-refractivity contribution in [2.24, 2.45) is 10.9 Å². The van der Waals surface area contributed by atoms with Gasteiger partial charge in [0.15, 0.2) is 4.80 Å². The Labute approximate surface area is 161 Å². The number of piperidine rings is 1. The molecule has 6 nitrogen and oxygen atoms in total. The molecule has 3 rings (SSSR count). The predicted molar refractivity (Wildman–Crippen MR) is 102 cm³/mol. The van der Waals surface area contributed by atoms with Gasteiger partial charge >= 0.3 is 6.03 Å². The average molecular weight is 390 g/mol. The number of aromatic nitrogens is 1. The van der Waals surface area contributed by atoms with Gasteiger partial charge in [0.1, 0.15) is 5.82 Å². The molecule has 1 aliphatic heterocycles. The molecule has 0 aliphatic carbocycles. The molecule has 0 N–H and O–H groups in total. The molecule has 3 amide bonds. The molecule has 1 aliphatic rings. The van der Waals surface area contributed by atoms with E-state index in [1.54, 1.807) is 46.7 Å². The Hall–Kier alpha value is -2.48. The minimum atomic E-state index is -0.272. The molecule has 0 spiro atoms. The summed E-state index contributed by atoms with van der Waals surface area (Å²) in [6, 6.07) is 6.56. The minimum absolute atomic E-state index is 0.0289. The molecule has 1 aromatic carbocycles. The van der Waals surface area contributed by atoms with Crippen LogP contribution in [0.3, 0.4) is 0 Å². The van der Waals surface area contributed by atoms with Gasteiger partial charge in [-0.3, -0.25) is 4.79 Å². The van der Waals surface area contributed by atoms with Crippen LogP contribution in [0, 0.1) is 11.7 Å². The molecule has 0 radical (unpaired) electrons. The second kappa shape index (κ2) is 8.47. The van der Waals surface area contributed by atoms with E-state index < -0.39 is 0 Å². The van der Waals surface area contributed by atoms with Gasteiger partial charge in [-0.2, -0.15) is 4.99 Å². The highest BCUT2D eigenvalue weighted by molar-refractivity contribution is 7.07. The zero-order chi connectivity index (χ0) is 19.4. The van der Waals surface area contributed by atoms with Crippen LogP contribution in [-0.2, 0) is 11.3 Å². The van der Waals surface area contributed by atoms with Crippen LogP contribution in [0.5, 0.6) is 0 Å². The third-order valence-corrected chi connectivity index (χ3v) is 5.46. The number of thiazole rings is 1. The highest BCUT2D eigenvalue weighted by Gasteiger charge is 2.27. The number of urea groups is 1. The first kappa shape index (κ1) is 19.3. The van der Waals surface area contributed by atoms with E-state index in [0.717, 1.165) is 0 Å². The second-order valence-corrected chi connectivity index (χ2v) is 7.67. The highest BCUT2D eigenvalue weighted by Crippen LogP contribution is 2.19. The maximum atomic E-state index is 13.9. The van der Waals surface area contributed by atoms with E-state index in [0.29, 0.717) is 42.8 Å². The number of hydrogen-bond donors (Lipinski definition) is 0. The van der Waals surface area contributed by atoms with Crippen LogP contribution in [0.15, 0.2) is 40.8 Å². The number of amides is 3. The summed E-state index contributed by atoms with van der Waals surface area (Å²) in [7, 11) is 3.44. The fourth-order valence-corrected chi connectivity index (χ4v) is 3.84. The molecule has 1 aromatic heterocycles. The maximum absolute atomic E-state index is 13.9. The van der Waals surface area contributed by atoms with Gasteiger partial charge in [-0.1, -0.05) is 18.2 Å². The van der Waals surface area contributed by atoms with Crippen LogP contribution in [0.4, 0.5) is 9.18 Å². The summed E-state index contributed by atoms with van der Waals surface area (Å²) in [6.07, 6.45) is 3.03. The zero-order valence-corrected chi connectivity index (χ0v) is 16.3. The lowest BCUT2D eigenvalue weighted by Crippen LogP contribution is -2.44. The van der Waals surface area contributed by atoms with E-state index in [1.807, 2.05) is 11.6 Å². The summed E-state index contributed by atoms with van der Waals surface area (Å²) in [5.41, 5.74) is 0.556. The third-order valence-electron chi connectivity index (χ3n) is 4.66. The normalized spacial score (nSPS) is 15.8. The van der Waals surface area contributed by atoms with E-state index in [9.17, 15) is 14.0 Å². The highest BCUT2D eigenvalue weighted by atomic mass is 32.1. The van der Waals surface area contributed by atoms with Crippen molar-refractivity contribution in [3.8, 4) is 0 Å². The van der Waals surface area contributed by atoms with Gasteiger partial charge in [0.05, 0.1) is 6.54 Å². The summed E-state index contributed by atoms with van der Waals surface area (Å²) in [5, 5.41) is 1.84. The molecule has 0 bridgehead atoms. The van der Waals surface area contributed by atoms with E-state index in [4.69, 9.17) is 0 Å². The summed E-state index contributed by atoms with van der Waals surface area (Å²) < 4.78 is 15.7. The maximum Gasteiger partial charge on any atom is 0.319 e. The number of carbonyl (C=O) groups excluding carboxylic acids is 2. The van der Waals surface area contributed by atoms with Crippen molar-refractivity contribution in [3.05, 3.63) is 52.0 Å². The van der Waals surface area contributed by atoms with Gasteiger partial charge in [-0.25, -0.2) is 9.18 Å². The molecule has 2 aromatic rings. The molecule has 0 atom stereocenters. The summed E-state index contributed by atoms with van der Waals surface area (Å²) in [5.74, 6) is -0.622. The van der Waals surface area contributed by atoms with Crippen LogP contribution < -0.4 is 4.80 Å². The Morgan fingerprint density at radius 1 is 1.26 bits per heavy atom. The molecule has 2 heterocycles. The van der Waals surface area contributed by atoms with Crippen LogP contribution in [0.2, 0.25) is 0 Å². The number of halogens is 1. The first-order chi connectivity index (χ1) is 13.0. The van der Waals surface area contributed by atoms with E-state index in [1.165, 1.54) is 17.4 Å². The fourth-order valence-electron chi connectivity index (χ4n) is 3.10. The number of hydrogen-bond acceptors (Lipinski definition) is 3. The minimum Gasteiger partial charge on any atom is -0.331 e. The molecule has 8 heteroatoms. The predicted octanol–water partition coefficient (Wildman–Crippen LogP) is 2.56. The fraction of sp³-hybridized carbons (Fsp3) is 0.421. The Morgan fingerprint density at radius 2 is 1.96 bits per heavy atom. The van der Waals surface area contributed by atoms with Crippen molar-refractivity contribution in [3.63, 3.8) is 0 Å². The van der Waals surface area contributed by atoms with Crippen LogP contribution >= 0.6 is 11.3 Å². The molecule has 0 saturated carbocycles. The van der Waals surface area contributed by atoms with Gasteiger partial charge in [0.25, 0.3) is 5.91 Å². The smallest absolute Gasteiger partial charge is 0.319 e. The molecule has 1 fully saturated rings. The van der Waals surface area contributed by atoms with Gasteiger partial charge in [-0.05, 0) is 18.9 Å². The molecule has 1 saturated heterocycles. The Morgan fingerprint density at radius 3 is 2.63 bits per heavy atom. The van der Waals surface area contributed by atoms with E-state index in [-0.39, 0.29) is 23.7 Å². The largest absolute Gasteiger partial charge is 0.331 e. The molecule has 0 unspecified atom stereocenters. The van der Waals surface area contributed by atoms with E-state index in [2.05, 4.69) is 4.99 Å². The average Bonchev–Trinajstić information content (AvgIpc) is 3.09. The monoisotopic (exact) mass is 390 g/mol. The van der Waals surface area contributed by atoms with Crippen molar-refractivity contribution in [1.29, 1.82) is 0 Å². The summed E-state index contributed by atoms with van der Waals surface area (Å²) >= 11 is 1.36. The zero-order valence-electron chi connectivity index (χ0n) is 15.5. The number of benzene rings is 1. The Kier molecular flexibility index (Phi) is 6.05. The third kappa shape index (κ3) is 4.63. The SMILES string of the molecule is CN(C)C(=O)N1CCC(C(=O)N=c2sccn2Cc2ccccc2F)CC1. The van der Waals surface area contributed by atoms with Crippen LogP contribution in [0.25, 0.3) is 0 Å². The molecule has 27 heavy (non-hydrogen) atoms. The van der Waals surface area contributed by atoms with Crippen LogP contribution in [0.1, 0.15) is 18.4 Å². The molecule has 144 valence electrons. The van der Waals surface area contributed by atoms with Crippen molar-refractivity contribution in [2.45, 2.75) is 19.4 Å². The topological polar surface area (TPSA) is 57.9 Å². The number of nitrogens with zero attached hydrogens (tertiary/aromatic N) is 4. The molecular weight excluding hydrogens is 367 g/mol. The number of likely N-dealkylation sites (tertiary alicyclic amines) is 1. The Balaban J connectivity index is 1.68. The lowest BCUT2D eigenvalue weighted by Gasteiger charge is -2.32. The van der Waals surface area contributed by atoms with Crippen molar-refractivity contribution < 1.29 is 14.0 Å². The van der Waals surface area contributed by atoms with Crippen molar-refractivity contribution in [2.75, 3.05) is 27.2 Å². The van der Waals surface area contributed by atoms with Crippen LogP contribution in [-0.4, -0.2) is 53.5 Å². The summed E-state index contributed by atoms with van der Waals surface area (Å²) in [6.45, 7) is 1.45. The van der Waals surface area contributed by atoms with Gasteiger partial charge in [0, 0.05) is 50.2 Å². The van der Waals surface area contributed by atoms with Crippen molar-refractivity contribution >= 4 is 23.3 Å². The quantitative estimate of drug-likeness (QED) is 0.809. The lowest BCUT2D eigenvalue weighted by atomic mass is 9.96. The number of rotatable bonds is 3. The standard InChI is InChI=1S/C19H23FN4O2S/c1-22(2)19(26)23-9-7-14(8-10-23)17(25)21-18-24(11-12-27-18)13-15-5-3-4-6-16(15)20/h3-6,11-12,14H,7-10,13H2,1-2H3. The second-order valence-electron chi connectivity index (χ2n) is 6.79. The lowest BCUT2D eigenvalue weighted by molar-refractivity contribution is -0.123. The molecular formula is C19H23FN4O2S. The van der Waals surface area contributed by atoms with Gasteiger partial charge < -0.3 is 14.4 Å². The van der Waals surface area contributed by atoms with Crippen molar-refractivity contribution in [1.82, 2.24) is 14.4 Å². The first-order valence-electron chi connectivity index (χ1n) is 8.88. The van der Waals surface area contributed by atoms with E-state index >= 15 is 0 Å². The first-order valence-corrected chi connectivity index (χ1v) is 9.76. The Bertz CT molecular complexity index is 882. The van der Waals surface area contributed by atoms with Gasteiger partial charge in [0.2, 0.25) is 0 Å². The summed E-state index contributed by atoms with van der Waals surface area (Å²) in [4.78, 5) is 32.7. The number of carbonyl (C=O) groups is 2. The van der Waals surface area contributed by atoms with Gasteiger partial charge in [-0.15, -0.1) is 11.3 Å².